The average molecular weight is 421 g/mol. The van der Waals surface area contributed by atoms with Gasteiger partial charge in [-0.05, 0) is 53.3 Å². The van der Waals surface area contributed by atoms with Crippen LogP contribution in [0.15, 0.2) is 54.6 Å². The highest BCUT2D eigenvalue weighted by Crippen LogP contribution is 2.35. The Bertz CT molecular complexity index is 999. The number of hydrogen-bond donors (Lipinski definition) is 0. The zero-order valence-corrected chi connectivity index (χ0v) is 18.7. The van der Waals surface area contributed by atoms with E-state index < -0.39 is 0 Å². The van der Waals surface area contributed by atoms with Gasteiger partial charge in [-0.3, -0.25) is 0 Å². The van der Waals surface area contributed by atoms with Gasteiger partial charge in [-0.1, -0.05) is 101 Å². The summed E-state index contributed by atoms with van der Waals surface area (Å²) in [6, 6.07) is 16.0. The van der Waals surface area contributed by atoms with Crippen molar-refractivity contribution in [3.05, 3.63) is 71.8 Å². The second-order valence-corrected chi connectivity index (χ2v) is 9.41. The van der Waals surface area contributed by atoms with Gasteiger partial charge in [0.05, 0.1) is 0 Å². The zero-order chi connectivity index (χ0) is 21.6. The fourth-order valence-corrected chi connectivity index (χ4v) is 5.24. The number of aryl methyl sites for hydroxylation is 1. The van der Waals surface area contributed by atoms with Crippen molar-refractivity contribution >= 4 is 10.8 Å². The summed E-state index contributed by atoms with van der Waals surface area (Å²) in [6.45, 7) is 2.28. The fraction of sp³-hybridized carbons (Fsp3) is 0.448. The number of unbranched alkanes of at least 4 members (excludes halogenated alkanes) is 2. The first-order valence-corrected chi connectivity index (χ1v) is 12.1. The van der Waals surface area contributed by atoms with Crippen molar-refractivity contribution in [1.29, 1.82) is 0 Å². The molecule has 1 aliphatic rings. The smallest absolute Gasteiger partial charge is 0.138 e. The molecule has 0 unspecified atom stereocenters. The molecule has 0 aromatic heterocycles. The van der Waals surface area contributed by atoms with Gasteiger partial charge in [0, 0.05) is 10.9 Å². The van der Waals surface area contributed by atoms with Crippen LogP contribution in [-0.2, 0) is 6.42 Å². The molecule has 0 heterocycles. The van der Waals surface area contributed by atoms with E-state index in [1.807, 2.05) is 12.1 Å². The van der Waals surface area contributed by atoms with E-state index in [0.29, 0.717) is 16.5 Å². The molecule has 1 aliphatic carbocycles. The van der Waals surface area contributed by atoms with Gasteiger partial charge in [0.2, 0.25) is 0 Å². The SMILES string of the molecule is CCCCC[C@H]1CC[C@H](CCc2ccc3c(F)c(-c4cccc(F)c4)ccc3c2)CC1. The molecule has 31 heavy (non-hydrogen) atoms. The molecular weight excluding hydrogens is 386 g/mol. The summed E-state index contributed by atoms with van der Waals surface area (Å²) in [4.78, 5) is 0. The third kappa shape index (κ3) is 5.53. The predicted molar refractivity (Wildman–Crippen MR) is 127 cm³/mol. The molecule has 4 rings (SSSR count). The molecule has 0 spiro atoms. The molecule has 164 valence electrons. The van der Waals surface area contributed by atoms with Crippen LogP contribution >= 0.6 is 0 Å². The largest absolute Gasteiger partial charge is 0.207 e. The normalized spacial score (nSPS) is 19.1. The standard InChI is InChI=1S/C29H34F2/c1-2-3-4-6-21-9-11-22(12-10-21)13-14-23-15-17-27-25(19-23)16-18-28(29(27)31)24-7-5-8-26(30)20-24/h5,7-8,15-22H,2-4,6,9-14H2,1H3/t21-,22-. The molecule has 0 saturated heterocycles. The van der Waals surface area contributed by atoms with Gasteiger partial charge in [0.15, 0.2) is 0 Å². The van der Waals surface area contributed by atoms with Gasteiger partial charge in [0.25, 0.3) is 0 Å². The first-order valence-electron chi connectivity index (χ1n) is 12.1. The lowest BCUT2D eigenvalue weighted by Gasteiger charge is -2.28. The van der Waals surface area contributed by atoms with Gasteiger partial charge in [-0.2, -0.15) is 0 Å². The molecule has 1 saturated carbocycles. The van der Waals surface area contributed by atoms with E-state index in [1.54, 1.807) is 18.2 Å². The Balaban J connectivity index is 1.37. The summed E-state index contributed by atoms with van der Waals surface area (Å²) in [5.74, 6) is 1.18. The molecule has 1 fully saturated rings. The summed E-state index contributed by atoms with van der Waals surface area (Å²) in [7, 11) is 0. The van der Waals surface area contributed by atoms with Crippen LogP contribution in [0.1, 0.15) is 70.3 Å². The van der Waals surface area contributed by atoms with Crippen LogP contribution in [0.2, 0.25) is 0 Å². The maximum absolute atomic E-state index is 15.1. The van der Waals surface area contributed by atoms with Crippen molar-refractivity contribution in [2.45, 2.75) is 71.1 Å². The van der Waals surface area contributed by atoms with Crippen molar-refractivity contribution in [3.8, 4) is 11.1 Å². The maximum atomic E-state index is 15.1. The molecule has 0 nitrogen and oxygen atoms in total. The highest BCUT2D eigenvalue weighted by atomic mass is 19.1. The highest BCUT2D eigenvalue weighted by Gasteiger charge is 2.20. The van der Waals surface area contributed by atoms with Gasteiger partial charge >= 0.3 is 0 Å². The average Bonchev–Trinajstić information content (AvgIpc) is 2.79. The Kier molecular flexibility index (Phi) is 7.37. The van der Waals surface area contributed by atoms with Gasteiger partial charge in [-0.25, -0.2) is 8.78 Å². The minimum absolute atomic E-state index is 0.268. The summed E-state index contributed by atoms with van der Waals surface area (Å²) >= 11 is 0. The summed E-state index contributed by atoms with van der Waals surface area (Å²) in [5, 5.41) is 1.54. The minimum Gasteiger partial charge on any atom is -0.207 e. The Morgan fingerprint density at radius 2 is 1.58 bits per heavy atom. The van der Waals surface area contributed by atoms with Crippen LogP contribution in [-0.4, -0.2) is 0 Å². The van der Waals surface area contributed by atoms with E-state index in [4.69, 9.17) is 0 Å². The number of hydrogen-bond acceptors (Lipinski definition) is 0. The lowest BCUT2D eigenvalue weighted by molar-refractivity contribution is 0.249. The molecule has 3 aromatic carbocycles. The summed E-state index contributed by atoms with van der Waals surface area (Å²) in [6.07, 6.45) is 13.4. The number of fused-ring (bicyclic) bond motifs is 1. The van der Waals surface area contributed by atoms with E-state index in [0.717, 1.165) is 23.6 Å². The topological polar surface area (TPSA) is 0 Å². The molecule has 3 aromatic rings. The van der Waals surface area contributed by atoms with Crippen molar-refractivity contribution < 1.29 is 8.78 Å². The lowest BCUT2D eigenvalue weighted by Crippen LogP contribution is -2.15. The Hall–Kier alpha value is -2.22. The van der Waals surface area contributed by atoms with Crippen molar-refractivity contribution in [1.82, 2.24) is 0 Å². The second kappa shape index (κ2) is 10.4. The van der Waals surface area contributed by atoms with E-state index in [9.17, 15) is 4.39 Å². The summed E-state index contributed by atoms with van der Waals surface area (Å²) in [5.41, 5.74) is 2.32. The van der Waals surface area contributed by atoms with Gasteiger partial charge < -0.3 is 0 Å². The van der Waals surface area contributed by atoms with Crippen LogP contribution in [0, 0.1) is 23.5 Å². The highest BCUT2D eigenvalue weighted by molar-refractivity contribution is 5.88. The molecule has 0 amide bonds. The monoisotopic (exact) mass is 420 g/mol. The Labute approximate surface area is 185 Å². The lowest BCUT2D eigenvalue weighted by atomic mass is 9.77. The predicted octanol–water partition coefficient (Wildman–Crippen LogP) is 9.10. The van der Waals surface area contributed by atoms with E-state index in [-0.39, 0.29) is 11.6 Å². The Morgan fingerprint density at radius 3 is 2.32 bits per heavy atom. The van der Waals surface area contributed by atoms with Crippen molar-refractivity contribution in [2.75, 3.05) is 0 Å². The second-order valence-electron chi connectivity index (χ2n) is 9.41. The molecule has 0 bridgehead atoms. The quantitative estimate of drug-likeness (QED) is 0.319. The third-order valence-corrected chi connectivity index (χ3v) is 7.18. The van der Waals surface area contributed by atoms with Crippen molar-refractivity contribution in [2.24, 2.45) is 11.8 Å². The van der Waals surface area contributed by atoms with Crippen LogP contribution in [0.25, 0.3) is 21.9 Å². The van der Waals surface area contributed by atoms with E-state index in [2.05, 4.69) is 19.1 Å². The van der Waals surface area contributed by atoms with E-state index >= 15 is 4.39 Å². The molecule has 0 aliphatic heterocycles. The van der Waals surface area contributed by atoms with Crippen LogP contribution in [0.4, 0.5) is 8.78 Å². The van der Waals surface area contributed by atoms with Crippen LogP contribution in [0.3, 0.4) is 0 Å². The summed E-state index contributed by atoms with van der Waals surface area (Å²) < 4.78 is 28.7. The maximum Gasteiger partial charge on any atom is 0.138 e. The molecule has 2 heteroatoms. The molecule has 0 N–H and O–H groups in total. The Morgan fingerprint density at radius 1 is 0.806 bits per heavy atom. The first-order chi connectivity index (χ1) is 15.1. The number of halogens is 2. The fourth-order valence-electron chi connectivity index (χ4n) is 5.24. The third-order valence-electron chi connectivity index (χ3n) is 7.18. The molecular formula is C29H34F2. The number of benzene rings is 3. The molecule has 0 atom stereocenters. The van der Waals surface area contributed by atoms with Gasteiger partial charge in [0.1, 0.15) is 11.6 Å². The molecule has 0 radical (unpaired) electrons. The van der Waals surface area contributed by atoms with Crippen LogP contribution < -0.4 is 0 Å². The van der Waals surface area contributed by atoms with Crippen LogP contribution in [0.5, 0.6) is 0 Å². The number of rotatable bonds is 8. The van der Waals surface area contributed by atoms with E-state index in [1.165, 1.54) is 75.5 Å². The van der Waals surface area contributed by atoms with Gasteiger partial charge in [-0.15, -0.1) is 0 Å². The first kappa shape index (κ1) is 22.0. The van der Waals surface area contributed by atoms with Crippen molar-refractivity contribution in [3.63, 3.8) is 0 Å². The minimum atomic E-state index is -0.345. The zero-order valence-electron chi connectivity index (χ0n) is 18.7.